The zero-order valence-corrected chi connectivity index (χ0v) is 30.6. The van der Waals surface area contributed by atoms with Gasteiger partial charge >= 0.3 is 0 Å². The number of nitrogens with two attached hydrogens (primary N) is 1. The van der Waals surface area contributed by atoms with Crippen molar-refractivity contribution in [3.8, 4) is 27.9 Å². The van der Waals surface area contributed by atoms with Crippen LogP contribution in [0.5, 0.6) is 0 Å². The van der Waals surface area contributed by atoms with Gasteiger partial charge in [0.2, 0.25) is 0 Å². The van der Waals surface area contributed by atoms with E-state index in [1.54, 1.807) is 12.3 Å². The number of allylic oxidation sites excluding steroid dienone is 6. The largest absolute Gasteiger partial charge is 0.404 e. The van der Waals surface area contributed by atoms with E-state index in [1.807, 2.05) is 19.1 Å². The van der Waals surface area contributed by atoms with E-state index in [2.05, 4.69) is 169 Å². The quantitative estimate of drug-likeness (QED) is 0.120. The van der Waals surface area contributed by atoms with Gasteiger partial charge in [0.25, 0.3) is 0 Å². The van der Waals surface area contributed by atoms with Crippen molar-refractivity contribution >= 4 is 71.5 Å². The summed E-state index contributed by atoms with van der Waals surface area (Å²) in [6.45, 7) is 5.88. The lowest BCUT2D eigenvalue weighted by Crippen LogP contribution is -1.95. The summed E-state index contributed by atoms with van der Waals surface area (Å²) in [5, 5.41) is 17.5. The van der Waals surface area contributed by atoms with Gasteiger partial charge in [0.15, 0.2) is 0 Å². The first kappa shape index (κ1) is 33.6. The Morgan fingerprint density at radius 2 is 1.16 bits per heavy atom. The number of nitrogens with one attached hydrogen (secondary N) is 1. The number of rotatable bonds is 8. The van der Waals surface area contributed by atoms with Crippen LogP contribution in [0.2, 0.25) is 0 Å². The Kier molecular flexibility index (Phi) is 8.53. The molecule has 262 valence electrons. The molecule has 9 aromatic rings. The Labute approximate surface area is 320 Å². The van der Waals surface area contributed by atoms with Crippen molar-refractivity contribution < 1.29 is 0 Å². The number of aromatic nitrogens is 1. The van der Waals surface area contributed by atoms with Crippen LogP contribution < -0.4 is 5.73 Å². The Morgan fingerprint density at radius 3 is 1.78 bits per heavy atom. The lowest BCUT2D eigenvalue weighted by Gasteiger charge is -2.14. The fourth-order valence-electron chi connectivity index (χ4n) is 8.38. The summed E-state index contributed by atoms with van der Waals surface area (Å²) in [6.07, 6.45) is 10.8. The molecule has 0 saturated heterocycles. The second kappa shape index (κ2) is 14.0. The third kappa shape index (κ3) is 5.57. The van der Waals surface area contributed by atoms with Gasteiger partial charge in [-0.25, -0.2) is 0 Å². The Bertz CT molecular complexity index is 3080. The van der Waals surface area contributed by atoms with Crippen LogP contribution in [0.4, 0.5) is 0 Å². The highest BCUT2D eigenvalue weighted by Gasteiger charge is 2.18. The molecule has 3 heteroatoms. The molecule has 0 atom stereocenters. The minimum Gasteiger partial charge on any atom is -0.404 e. The van der Waals surface area contributed by atoms with E-state index in [9.17, 15) is 0 Å². The fraction of sp³-hybridized carbons (Fsp3) is 0.0192. The third-order valence-electron chi connectivity index (χ3n) is 10.8. The van der Waals surface area contributed by atoms with Crippen LogP contribution >= 0.6 is 0 Å². The molecule has 55 heavy (non-hydrogen) atoms. The standard InChI is InChI=1S/C52H39N3/c1-3-12-37(32-53)42-28-26-40(45-16-8-10-18-47(42)45)34-20-23-44-35(30-34)22-25-50-49-24-21-36(31-51(49)55(52(44)50)39-14-6-5-7-15-39)41-27-29-43(38(33-54)13-4-2)48-19-11-9-17-46(41)48/h3-33,53H,1,54H2,2H3/b13-4-,37-12+,38-33+,53-32?. The molecule has 3 N–H and O–H groups in total. The van der Waals surface area contributed by atoms with E-state index in [0.717, 1.165) is 60.9 Å². The smallest absolute Gasteiger partial charge is 0.0619 e. The van der Waals surface area contributed by atoms with Crippen LogP contribution in [-0.2, 0) is 0 Å². The molecule has 9 rings (SSSR count). The summed E-state index contributed by atoms with van der Waals surface area (Å²) in [7, 11) is 0. The summed E-state index contributed by atoms with van der Waals surface area (Å²) < 4.78 is 2.43. The SMILES string of the molecule is C=C/C=C(\C=N)c1ccc(-c2ccc3c(ccc4c5ccc(-c6ccc(C(/C=C\C)=C/N)c7ccccc67)cc5n(-c5ccccc5)c34)c2)c2ccccc12. The van der Waals surface area contributed by atoms with Gasteiger partial charge < -0.3 is 15.7 Å². The van der Waals surface area contributed by atoms with Crippen LogP contribution in [0.25, 0.3) is 93.2 Å². The van der Waals surface area contributed by atoms with Crippen molar-refractivity contribution in [1.29, 1.82) is 5.41 Å². The highest BCUT2D eigenvalue weighted by atomic mass is 15.0. The van der Waals surface area contributed by atoms with E-state index in [4.69, 9.17) is 11.1 Å². The molecule has 0 spiro atoms. The average molecular weight is 706 g/mol. The minimum absolute atomic E-state index is 0.836. The molecule has 1 heterocycles. The van der Waals surface area contributed by atoms with Crippen molar-refractivity contribution in [3.05, 3.63) is 200 Å². The van der Waals surface area contributed by atoms with E-state index in [1.165, 1.54) is 49.6 Å². The van der Waals surface area contributed by atoms with Gasteiger partial charge in [-0.2, -0.15) is 0 Å². The van der Waals surface area contributed by atoms with Gasteiger partial charge in [0.05, 0.1) is 11.0 Å². The van der Waals surface area contributed by atoms with Crippen LogP contribution in [0.1, 0.15) is 18.1 Å². The normalized spacial score (nSPS) is 12.5. The summed E-state index contributed by atoms with van der Waals surface area (Å²) in [6, 6.07) is 54.8. The van der Waals surface area contributed by atoms with Gasteiger partial charge in [-0.3, -0.25) is 0 Å². The first-order valence-corrected chi connectivity index (χ1v) is 18.6. The average Bonchev–Trinajstić information content (AvgIpc) is 3.58. The molecule has 3 nitrogen and oxygen atoms in total. The number of nitrogens with zero attached hydrogens (tertiary/aromatic N) is 1. The Hall–Kier alpha value is -7.23. The lowest BCUT2D eigenvalue weighted by atomic mass is 9.91. The second-order valence-corrected chi connectivity index (χ2v) is 13.8. The number of benzene rings is 8. The summed E-state index contributed by atoms with van der Waals surface area (Å²) in [5.41, 5.74) is 18.2. The Morgan fingerprint density at radius 1 is 0.582 bits per heavy atom. The molecule has 0 unspecified atom stereocenters. The van der Waals surface area contributed by atoms with Crippen LogP contribution in [0, 0.1) is 5.41 Å². The first-order valence-electron chi connectivity index (χ1n) is 18.6. The number of hydrogen-bond donors (Lipinski definition) is 2. The molecule has 0 aliphatic heterocycles. The molecule has 0 bridgehead atoms. The monoisotopic (exact) mass is 705 g/mol. The Balaban J connectivity index is 1.26. The molecule has 0 saturated carbocycles. The fourth-order valence-corrected chi connectivity index (χ4v) is 8.38. The maximum absolute atomic E-state index is 8.05. The molecular formula is C52H39N3. The number of fused-ring (bicyclic) bond motifs is 7. The summed E-state index contributed by atoms with van der Waals surface area (Å²) in [4.78, 5) is 0. The highest BCUT2D eigenvalue weighted by Crippen LogP contribution is 2.42. The van der Waals surface area contributed by atoms with Crippen LogP contribution in [0.3, 0.4) is 0 Å². The van der Waals surface area contributed by atoms with Crippen LogP contribution in [0.15, 0.2) is 189 Å². The molecule has 8 aromatic carbocycles. The maximum Gasteiger partial charge on any atom is 0.0619 e. The van der Waals surface area contributed by atoms with Crippen LogP contribution in [-0.4, -0.2) is 10.8 Å². The molecule has 0 amide bonds. The molecule has 0 fully saturated rings. The van der Waals surface area contributed by atoms with E-state index in [0.29, 0.717) is 0 Å². The van der Waals surface area contributed by atoms with Crippen molar-refractivity contribution in [2.45, 2.75) is 6.92 Å². The zero-order chi connectivity index (χ0) is 37.5. The number of para-hydroxylation sites is 1. The van der Waals surface area contributed by atoms with E-state index < -0.39 is 0 Å². The second-order valence-electron chi connectivity index (χ2n) is 13.8. The minimum atomic E-state index is 0.836. The van der Waals surface area contributed by atoms with Gasteiger partial charge in [-0.1, -0.05) is 158 Å². The highest BCUT2D eigenvalue weighted by molar-refractivity contribution is 6.20. The van der Waals surface area contributed by atoms with E-state index in [-0.39, 0.29) is 0 Å². The van der Waals surface area contributed by atoms with Crippen molar-refractivity contribution in [2.75, 3.05) is 0 Å². The molecule has 0 aliphatic rings. The van der Waals surface area contributed by atoms with Crippen molar-refractivity contribution in [1.82, 2.24) is 4.57 Å². The third-order valence-corrected chi connectivity index (χ3v) is 10.8. The van der Waals surface area contributed by atoms with Crippen molar-refractivity contribution in [3.63, 3.8) is 0 Å². The summed E-state index contributed by atoms with van der Waals surface area (Å²) in [5.74, 6) is 0. The lowest BCUT2D eigenvalue weighted by molar-refractivity contribution is 1.19. The maximum atomic E-state index is 8.05. The first-order chi connectivity index (χ1) is 27.1. The van der Waals surface area contributed by atoms with Crippen molar-refractivity contribution in [2.24, 2.45) is 5.73 Å². The predicted molar refractivity (Wildman–Crippen MR) is 238 cm³/mol. The molecule has 0 aliphatic carbocycles. The van der Waals surface area contributed by atoms with Gasteiger partial charge in [-0.15, -0.1) is 0 Å². The zero-order valence-electron chi connectivity index (χ0n) is 30.6. The molecule has 1 aromatic heterocycles. The number of hydrogen-bond acceptors (Lipinski definition) is 2. The topological polar surface area (TPSA) is 54.8 Å². The predicted octanol–water partition coefficient (Wildman–Crippen LogP) is 13.7. The molecular weight excluding hydrogens is 667 g/mol. The van der Waals surface area contributed by atoms with Gasteiger partial charge in [0, 0.05) is 34.3 Å². The molecule has 0 radical (unpaired) electrons. The van der Waals surface area contributed by atoms with E-state index >= 15 is 0 Å². The summed E-state index contributed by atoms with van der Waals surface area (Å²) >= 11 is 0. The van der Waals surface area contributed by atoms with Gasteiger partial charge in [-0.05, 0) is 103 Å². The van der Waals surface area contributed by atoms with Gasteiger partial charge in [0.1, 0.15) is 0 Å².